The quantitative estimate of drug-likeness (QED) is 0.801. The third-order valence-corrected chi connectivity index (χ3v) is 4.58. The normalized spacial score (nSPS) is 17.5. The minimum Gasteiger partial charge on any atom is -0.356 e. The maximum Gasteiger partial charge on any atom is 0.167 e. The molecule has 1 aliphatic heterocycles. The van der Waals surface area contributed by atoms with Crippen molar-refractivity contribution in [3.05, 3.63) is 84.1 Å². The second-order valence-electron chi connectivity index (χ2n) is 6.27. The first kappa shape index (κ1) is 14.9. The summed E-state index contributed by atoms with van der Waals surface area (Å²) >= 11 is 0. The van der Waals surface area contributed by atoms with Gasteiger partial charge >= 0.3 is 0 Å². The van der Waals surface area contributed by atoms with Gasteiger partial charge in [0.15, 0.2) is 5.76 Å². The molecule has 0 aliphatic carbocycles. The average Bonchev–Trinajstić information content (AvgIpc) is 3.12. The van der Waals surface area contributed by atoms with E-state index in [9.17, 15) is 0 Å². The predicted octanol–water partition coefficient (Wildman–Crippen LogP) is 3.21. The third kappa shape index (κ3) is 3.31. The number of quaternary nitrogens is 1. The lowest BCUT2D eigenvalue weighted by Crippen LogP contribution is -3.11. The Morgan fingerprint density at radius 3 is 2.29 bits per heavy atom. The van der Waals surface area contributed by atoms with Crippen LogP contribution >= 0.6 is 0 Å². The molecule has 1 unspecified atom stereocenters. The topological polar surface area (TPSA) is 30.5 Å². The van der Waals surface area contributed by atoms with Gasteiger partial charge in [0.2, 0.25) is 0 Å². The highest BCUT2D eigenvalue weighted by Crippen LogP contribution is 2.20. The zero-order chi connectivity index (χ0) is 16.2. The Balaban J connectivity index is 1.41. The molecule has 2 aromatic carbocycles. The standard InChI is InChI=1S/C21H20N2O/c1-3-7-17(8-4-1)18-11-13-23(14-12-18)16-20-15-21(24-22-20)19-9-5-2-6-10-19/h1-11,15H,12-14,16H2/p+1. The maximum atomic E-state index is 5.50. The fourth-order valence-corrected chi connectivity index (χ4v) is 3.25. The van der Waals surface area contributed by atoms with E-state index in [2.05, 4.69) is 47.6 Å². The van der Waals surface area contributed by atoms with Gasteiger partial charge in [-0.1, -0.05) is 65.8 Å². The van der Waals surface area contributed by atoms with Crippen LogP contribution in [-0.4, -0.2) is 18.2 Å². The molecule has 0 saturated carbocycles. The van der Waals surface area contributed by atoms with Gasteiger partial charge in [0.1, 0.15) is 12.2 Å². The lowest BCUT2D eigenvalue weighted by molar-refractivity contribution is -0.909. The smallest absolute Gasteiger partial charge is 0.167 e. The number of nitrogens with one attached hydrogen (secondary N) is 1. The lowest BCUT2D eigenvalue weighted by atomic mass is 9.99. The monoisotopic (exact) mass is 317 g/mol. The van der Waals surface area contributed by atoms with Crippen LogP contribution in [0.5, 0.6) is 0 Å². The van der Waals surface area contributed by atoms with Crippen molar-refractivity contribution in [3.8, 4) is 11.3 Å². The van der Waals surface area contributed by atoms with Crippen molar-refractivity contribution in [2.75, 3.05) is 13.1 Å². The molecular formula is C21H21N2O+. The zero-order valence-corrected chi connectivity index (χ0v) is 13.6. The molecule has 3 heteroatoms. The van der Waals surface area contributed by atoms with Gasteiger partial charge in [-0.2, -0.15) is 0 Å². The Bertz CT molecular complexity index is 821. The summed E-state index contributed by atoms with van der Waals surface area (Å²) in [5.41, 5.74) is 4.92. The van der Waals surface area contributed by atoms with Crippen molar-refractivity contribution in [2.45, 2.75) is 13.0 Å². The summed E-state index contributed by atoms with van der Waals surface area (Å²) in [6.07, 6.45) is 3.48. The van der Waals surface area contributed by atoms with Crippen LogP contribution in [0.3, 0.4) is 0 Å². The van der Waals surface area contributed by atoms with Gasteiger partial charge < -0.3 is 9.42 Å². The number of hydrogen-bond acceptors (Lipinski definition) is 2. The van der Waals surface area contributed by atoms with Crippen molar-refractivity contribution >= 4 is 5.57 Å². The molecule has 0 saturated heterocycles. The first-order valence-corrected chi connectivity index (χ1v) is 8.47. The first-order chi connectivity index (χ1) is 11.9. The summed E-state index contributed by atoms with van der Waals surface area (Å²) in [4.78, 5) is 1.53. The number of benzene rings is 2. The van der Waals surface area contributed by atoms with E-state index >= 15 is 0 Å². The Morgan fingerprint density at radius 2 is 1.62 bits per heavy atom. The van der Waals surface area contributed by atoms with E-state index < -0.39 is 0 Å². The largest absolute Gasteiger partial charge is 0.356 e. The molecular weight excluding hydrogens is 296 g/mol. The van der Waals surface area contributed by atoms with Crippen molar-refractivity contribution in [1.29, 1.82) is 0 Å². The molecule has 0 amide bonds. The van der Waals surface area contributed by atoms with E-state index in [1.54, 1.807) is 0 Å². The molecule has 24 heavy (non-hydrogen) atoms. The van der Waals surface area contributed by atoms with Crippen LogP contribution < -0.4 is 4.90 Å². The van der Waals surface area contributed by atoms with Gasteiger partial charge in [-0.05, 0) is 17.2 Å². The summed E-state index contributed by atoms with van der Waals surface area (Å²) in [6.45, 7) is 3.08. The average molecular weight is 317 g/mol. The van der Waals surface area contributed by atoms with E-state index in [1.165, 1.54) is 16.0 Å². The van der Waals surface area contributed by atoms with Crippen LogP contribution in [0.15, 0.2) is 77.3 Å². The maximum absolute atomic E-state index is 5.50. The zero-order valence-electron chi connectivity index (χ0n) is 13.6. The Hall–Kier alpha value is -2.65. The summed E-state index contributed by atoms with van der Waals surface area (Å²) in [6, 6.07) is 22.9. The second kappa shape index (κ2) is 6.85. The number of aromatic nitrogens is 1. The molecule has 1 aliphatic rings. The molecule has 0 radical (unpaired) electrons. The molecule has 120 valence electrons. The summed E-state index contributed by atoms with van der Waals surface area (Å²) in [5.74, 6) is 0.850. The minimum atomic E-state index is 0.850. The molecule has 3 aromatic rings. The summed E-state index contributed by atoms with van der Waals surface area (Å²) < 4.78 is 5.50. The minimum absolute atomic E-state index is 0.850. The second-order valence-corrected chi connectivity index (χ2v) is 6.27. The van der Waals surface area contributed by atoms with Crippen LogP contribution in [0.25, 0.3) is 16.9 Å². The highest BCUT2D eigenvalue weighted by Gasteiger charge is 2.18. The van der Waals surface area contributed by atoms with E-state index in [0.717, 1.165) is 43.1 Å². The third-order valence-electron chi connectivity index (χ3n) is 4.58. The molecule has 4 rings (SSSR count). The molecule has 1 N–H and O–H groups in total. The number of hydrogen-bond donors (Lipinski definition) is 1. The van der Waals surface area contributed by atoms with Gasteiger partial charge in [0, 0.05) is 18.1 Å². The molecule has 1 aromatic heterocycles. The van der Waals surface area contributed by atoms with Gasteiger partial charge in [-0.15, -0.1) is 0 Å². The molecule has 3 nitrogen and oxygen atoms in total. The summed E-state index contributed by atoms with van der Waals surface area (Å²) in [5, 5.41) is 4.25. The highest BCUT2D eigenvalue weighted by molar-refractivity contribution is 5.65. The molecule has 2 heterocycles. The number of nitrogens with zero attached hydrogens (tertiary/aromatic N) is 1. The van der Waals surface area contributed by atoms with Gasteiger partial charge in [-0.25, -0.2) is 0 Å². The van der Waals surface area contributed by atoms with Gasteiger partial charge in [0.05, 0.1) is 13.1 Å². The first-order valence-electron chi connectivity index (χ1n) is 8.47. The SMILES string of the molecule is C1=C(c2ccccc2)CC[NH+](Cc2cc(-c3ccccc3)on2)C1. The van der Waals surface area contributed by atoms with Crippen LogP contribution in [0, 0.1) is 0 Å². The van der Waals surface area contributed by atoms with Crippen molar-refractivity contribution in [1.82, 2.24) is 5.16 Å². The van der Waals surface area contributed by atoms with Gasteiger partial charge in [0.25, 0.3) is 0 Å². The Labute approximate surface area is 142 Å². The molecule has 1 atom stereocenters. The van der Waals surface area contributed by atoms with Crippen LogP contribution in [0.1, 0.15) is 17.7 Å². The van der Waals surface area contributed by atoms with E-state index in [-0.39, 0.29) is 0 Å². The highest BCUT2D eigenvalue weighted by atomic mass is 16.5. The van der Waals surface area contributed by atoms with Crippen molar-refractivity contribution < 1.29 is 9.42 Å². The van der Waals surface area contributed by atoms with Crippen molar-refractivity contribution in [2.24, 2.45) is 0 Å². The molecule has 0 fully saturated rings. The number of rotatable bonds is 4. The van der Waals surface area contributed by atoms with Crippen LogP contribution in [0.2, 0.25) is 0 Å². The summed E-state index contributed by atoms with van der Waals surface area (Å²) in [7, 11) is 0. The fourth-order valence-electron chi connectivity index (χ4n) is 3.25. The Kier molecular flexibility index (Phi) is 4.26. The van der Waals surface area contributed by atoms with Crippen LogP contribution in [0.4, 0.5) is 0 Å². The van der Waals surface area contributed by atoms with E-state index in [4.69, 9.17) is 4.52 Å². The van der Waals surface area contributed by atoms with Crippen LogP contribution in [-0.2, 0) is 6.54 Å². The van der Waals surface area contributed by atoms with E-state index in [1.807, 2.05) is 30.3 Å². The van der Waals surface area contributed by atoms with E-state index in [0.29, 0.717) is 0 Å². The van der Waals surface area contributed by atoms with Crippen molar-refractivity contribution in [3.63, 3.8) is 0 Å². The fraction of sp³-hybridized carbons (Fsp3) is 0.190. The lowest BCUT2D eigenvalue weighted by Gasteiger charge is -2.22. The molecule has 0 spiro atoms. The van der Waals surface area contributed by atoms with Gasteiger partial charge in [-0.3, -0.25) is 0 Å². The molecule has 0 bridgehead atoms. The Morgan fingerprint density at radius 1 is 0.917 bits per heavy atom. The predicted molar refractivity (Wildman–Crippen MR) is 95.4 cm³/mol.